The molecule has 0 spiro atoms. The molecule has 0 aliphatic carbocycles. The monoisotopic (exact) mass is 283 g/mol. The van der Waals surface area contributed by atoms with E-state index in [1.54, 1.807) is 13.8 Å². The molecule has 1 rings (SSSR count). The van der Waals surface area contributed by atoms with Crippen LogP contribution in [0.4, 0.5) is 4.79 Å². The lowest BCUT2D eigenvalue weighted by atomic mass is 10.0. The summed E-state index contributed by atoms with van der Waals surface area (Å²) in [7, 11) is 0. The standard InChI is InChI=1S/C13H21N3O4/c1-7(2)5-11(12(17)18)15-13(19)14-6-10-8(3)16-20-9(10)4/h7,11H,5-6H2,1-4H3,(H,17,18)(H2,14,15,19). The van der Waals surface area contributed by atoms with Crippen molar-refractivity contribution in [2.75, 3.05) is 0 Å². The summed E-state index contributed by atoms with van der Waals surface area (Å²) in [6.07, 6.45) is 0.383. The van der Waals surface area contributed by atoms with Crippen LogP contribution in [0.1, 0.15) is 37.3 Å². The molecule has 112 valence electrons. The van der Waals surface area contributed by atoms with E-state index in [0.29, 0.717) is 17.9 Å². The molecular weight excluding hydrogens is 262 g/mol. The highest BCUT2D eigenvalue weighted by Gasteiger charge is 2.21. The van der Waals surface area contributed by atoms with Gasteiger partial charge in [0.25, 0.3) is 0 Å². The van der Waals surface area contributed by atoms with Gasteiger partial charge in [-0.25, -0.2) is 9.59 Å². The topological polar surface area (TPSA) is 104 Å². The smallest absolute Gasteiger partial charge is 0.326 e. The highest BCUT2D eigenvalue weighted by molar-refractivity contribution is 5.82. The molecule has 3 N–H and O–H groups in total. The van der Waals surface area contributed by atoms with Crippen LogP contribution in [0.2, 0.25) is 0 Å². The number of amides is 2. The highest BCUT2D eigenvalue weighted by atomic mass is 16.5. The van der Waals surface area contributed by atoms with E-state index in [1.807, 2.05) is 13.8 Å². The second-order valence-corrected chi connectivity index (χ2v) is 5.15. The Labute approximate surface area is 117 Å². The average Bonchev–Trinajstić information content (AvgIpc) is 2.65. The zero-order valence-electron chi connectivity index (χ0n) is 12.2. The minimum atomic E-state index is -1.04. The summed E-state index contributed by atoms with van der Waals surface area (Å²) >= 11 is 0. The van der Waals surface area contributed by atoms with Crippen molar-refractivity contribution in [2.45, 2.75) is 46.7 Å². The Morgan fingerprint density at radius 1 is 1.35 bits per heavy atom. The van der Waals surface area contributed by atoms with Gasteiger partial charge in [-0.05, 0) is 26.2 Å². The maximum Gasteiger partial charge on any atom is 0.326 e. The van der Waals surface area contributed by atoms with Crippen molar-refractivity contribution in [2.24, 2.45) is 5.92 Å². The maximum absolute atomic E-state index is 11.7. The summed E-state index contributed by atoms with van der Waals surface area (Å²) in [6.45, 7) is 7.60. The molecule has 1 atom stereocenters. The fourth-order valence-electron chi connectivity index (χ4n) is 1.83. The lowest BCUT2D eigenvalue weighted by Crippen LogP contribution is -2.46. The predicted molar refractivity (Wildman–Crippen MR) is 72.2 cm³/mol. The lowest BCUT2D eigenvalue weighted by molar-refractivity contribution is -0.139. The van der Waals surface area contributed by atoms with E-state index in [0.717, 1.165) is 5.56 Å². The van der Waals surface area contributed by atoms with Crippen molar-refractivity contribution in [1.82, 2.24) is 15.8 Å². The molecule has 0 aromatic carbocycles. The Morgan fingerprint density at radius 2 is 2.00 bits per heavy atom. The predicted octanol–water partition coefficient (Wildman–Crippen LogP) is 1.59. The van der Waals surface area contributed by atoms with Crippen LogP contribution in [0.15, 0.2) is 4.52 Å². The summed E-state index contributed by atoms with van der Waals surface area (Å²) in [5.74, 6) is -0.218. The fraction of sp³-hybridized carbons (Fsp3) is 0.615. The number of rotatable bonds is 6. The van der Waals surface area contributed by atoms with E-state index < -0.39 is 18.0 Å². The Balaban J connectivity index is 2.52. The Hall–Kier alpha value is -2.05. The van der Waals surface area contributed by atoms with E-state index in [2.05, 4.69) is 15.8 Å². The number of aromatic nitrogens is 1. The number of hydrogen-bond donors (Lipinski definition) is 3. The maximum atomic E-state index is 11.7. The van der Waals surface area contributed by atoms with Gasteiger partial charge in [-0.15, -0.1) is 0 Å². The first-order valence-electron chi connectivity index (χ1n) is 6.50. The molecule has 1 aromatic heterocycles. The zero-order chi connectivity index (χ0) is 15.3. The van der Waals surface area contributed by atoms with Crippen LogP contribution in [0.3, 0.4) is 0 Å². The molecule has 1 heterocycles. The molecule has 1 aromatic rings. The molecule has 0 saturated heterocycles. The first-order valence-corrected chi connectivity index (χ1v) is 6.50. The molecule has 0 aliphatic rings. The van der Waals surface area contributed by atoms with Crippen molar-refractivity contribution in [1.29, 1.82) is 0 Å². The summed E-state index contributed by atoms with van der Waals surface area (Å²) < 4.78 is 4.98. The van der Waals surface area contributed by atoms with Gasteiger partial charge in [0, 0.05) is 12.1 Å². The Bertz CT molecular complexity index is 462. The van der Waals surface area contributed by atoms with E-state index in [1.165, 1.54) is 0 Å². The summed E-state index contributed by atoms with van der Waals surface area (Å²) in [6, 6.07) is -1.40. The quantitative estimate of drug-likeness (QED) is 0.735. The summed E-state index contributed by atoms with van der Waals surface area (Å²) in [5.41, 5.74) is 1.51. The number of aryl methyl sites for hydroxylation is 2. The highest BCUT2D eigenvalue weighted by Crippen LogP contribution is 2.11. The van der Waals surface area contributed by atoms with Gasteiger partial charge in [0.1, 0.15) is 11.8 Å². The molecule has 2 amide bonds. The van der Waals surface area contributed by atoms with E-state index in [4.69, 9.17) is 9.63 Å². The van der Waals surface area contributed by atoms with Gasteiger partial charge in [-0.1, -0.05) is 19.0 Å². The van der Waals surface area contributed by atoms with Gasteiger partial charge >= 0.3 is 12.0 Å². The van der Waals surface area contributed by atoms with E-state index >= 15 is 0 Å². The van der Waals surface area contributed by atoms with Crippen molar-refractivity contribution in [3.63, 3.8) is 0 Å². The third-order valence-corrected chi connectivity index (χ3v) is 2.92. The lowest BCUT2D eigenvalue weighted by Gasteiger charge is -2.16. The first-order chi connectivity index (χ1) is 9.31. The van der Waals surface area contributed by atoms with Crippen LogP contribution < -0.4 is 10.6 Å². The van der Waals surface area contributed by atoms with Crippen molar-refractivity contribution in [3.8, 4) is 0 Å². The minimum Gasteiger partial charge on any atom is -0.480 e. The molecule has 0 radical (unpaired) electrons. The zero-order valence-corrected chi connectivity index (χ0v) is 12.2. The van der Waals surface area contributed by atoms with Crippen LogP contribution in [0, 0.1) is 19.8 Å². The third kappa shape index (κ3) is 4.56. The van der Waals surface area contributed by atoms with Crippen LogP contribution in [0.25, 0.3) is 0 Å². The Morgan fingerprint density at radius 3 is 2.45 bits per heavy atom. The van der Waals surface area contributed by atoms with Gasteiger partial charge < -0.3 is 20.3 Å². The number of urea groups is 1. The van der Waals surface area contributed by atoms with Crippen molar-refractivity contribution < 1.29 is 19.2 Å². The molecule has 0 bridgehead atoms. The molecule has 20 heavy (non-hydrogen) atoms. The largest absolute Gasteiger partial charge is 0.480 e. The summed E-state index contributed by atoms with van der Waals surface area (Å²) in [4.78, 5) is 22.8. The normalized spacial score (nSPS) is 12.2. The second kappa shape index (κ2) is 6.93. The molecule has 0 fully saturated rings. The molecular formula is C13H21N3O4. The van der Waals surface area contributed by atoms with Crippen LogP contribution in [0.5, 0.6) is 0 Å². The van der Waals surface area contributed by atoms with Crippen molar-refractivity contribution in [3.05, 3.63) is 17.0 Å². The van der Waals surface area contributed by atoms with Crippen molar-refractivity contribution >= 4 is 12.0 Å². The van der Waals surface area contributed by atoms with Gasteiger partial charge in [0.2, 0.25) is 0 Å². The van der Waals surface area contributed by atoms with Crippen LogP contribution >= 0.6 is 0 Å². The number of carboxylic acids is 1. The number of carbonyl (C=O) groups excluding carboxylic acids is 1. The van der Waals surface area contributed by atoms with E-state index in [-0.39, 0.29) is 12.5 Å². The number of nitrogens with one attached hydrogen (secondary N) is 2. The number of aliphatic carboxylic acids is 1. The number of hydrogen-bond acceptors (Lipinski definition) is 4. The van der Waals surface area contributed by atoms with Gasteiger partial charge in [0.15, 0.2) is 0 Å². The molecule has 0 aliphatic heterocycles. The van der Waals surface area contributed by atoms with Crippen LogP contribution in [-0.4, -0.2) is 28.3 Å². The van der Waals surface area contributed by atoms with Gasteiger partial charge in [0.05, 0.1) is 5.69 Å². The van der Waals surface area contributed by atoms with Crippen LogP contribution in [-0.2, 0) is 11.3 Å². The second-order valence-electron chi connectivity index (χ2n) is 5.15. The fourth-order valence-corrected chi connectivity index (χ4v) is 1.83. The number of carbonyl (C=O) groups is 2. The minimum absolute atomic E-state index is 0.180. The van der Waals surface area contributed by atoms with E-state index in [9.17, 15) is 9.59 Å². The van der Waals surface area contributed by atoms with Gasteiger partial charge in [-0.3, -0.25) is 0 Å². The number of carboxylic acid groups (broad SMARTS) is 1. The Kier molecular flexibility index (Phi) is 5.54. The SMILES string of the molecule is Cc1noc(C)c1CNC(=O)NC(CC(C)C)C(=O)O. The first kappa shape index (κ1) is 16.0. The third-order valence-electron chi connectivity index (χ3n) is 2.92. The average molecular weight is 283 g/mol. The summed E-state index contributed by atoms with van der Waals surface area (Å²) in [5, 5.41) is 17.9. The van der Waals surface area contributed by atoms with Gasteiger partial charge in [-0.2, -0.15) is 0 Å². The molecule has 1 unspecified atom stereocenters. The number of nitrogens with zero attached hydrogens (tertiary/aromatic N) is 1. The molecule has 7 nitrogen and oxygen atoms in total. The molecule has 7 heteroatoms. The molecule has 0 saturated carbocycles.